The maximum absolute atomic E-state index is 12.2. The molecule has 0 aromatic heterocycles. The lowest BCUT2D eigenvalue weighted by atomic mass is 10.1. The second-order valence-corrected chi connectivity index (χ2v) is 9.62. The van der Waals surface area contributed by atoms with Crippen molar-refractivity contribution in [1.29, 1.82) is 0 Å². The number of hydrogen-bond acceptors (Lipinski definition) is 6. The molecule has 0 bridgehead atoms. The molecule has 1 aliphatic heterocycles. The Balaban J connectivity index is 2.81. The van der Waals surface area contributed by atoms with Crippen LogP contribution in [0, 0.1) is 0 Å². The molecule has 1 aliphatic rings. The van der Waals surface area contributed by atoms with Gasteiger partial charge < -0.3 is 9.47 Å². The van der Waals surface area contributed by atoms with Crippen molar-refractivity contribution < 1.29 is 19.1 Å². The smallest absolute Gasteiger partial charge is 0.410 e. The lowest BCUT2D eigenvalue weighted by molar-refractivity contribution is -0.146. The van der Waals surface area contributed by atoms with Gasteiger partial charge in [-0.3, -0.25) is 4.90 Å². The molecule has 0 radical (unpaired) electrons. The summed E-state index contributed by atoms with van der Waals surface area (Å²) in [4.78, 5) is 25.6. The van der Waals surface area contributed by atoms with Crippen LogP contribution in [0.15, 0.2) is 0 Å². The molecule has 0 aromatic rings. The van der Waals surface area contributed by atoms with E-state index >= 15 is 0 Å². The molecule has 0 aromatic carbocycles. The zero-order valence-corrected chi connectivity index (χ0v) is 15.2. The lowest BCUT2D eigenvalue weighted by Gasteiger charge is -2.33. The predicted octanol–water partition coefficient (Wildman–Crippen LogP) is 2.98. The third-order valence-electron chi connectivity index (χ3n) is 3.08. The number of carbonyl (C=O) groups is 2. The average Bonchev–Trinajstić information content (AvgIpc) is 2.79. The summed E-state index contributed by atoms with van der Waals surface area (Å²) in [6.07, 6.45) is 0.0413. The molecule has 1 rings (SSSR count). The molecule has 1 amide bonds. The Labute approximate surface area is 135 Å². The topological polar surface area (TPSA) is 55.8 Å². The highest BCUT2D eigenvalue weighted by Gasteiger charge is 2.40. The average molecular weight is 335 g/mol. The Kier molecular flexibility index (Phi) is 6.28. The highest BCUT2D eigenvalue weighted by atomic mass is 32.2. The Morgan fingerprint density at radius 3 is 2.24 bits per heavy atom. The fourth-order valence-electron chi connectivity index (χ4n) is 2.00. The minimum atomic E-state index is -0.632. The number of ether oxygens (including phenoxy) is 2. The molecular weight excluding hydrogens is 310 g/mol. The first kappa shape index (κ1) is 18.5. The molecule has 21 heavy (non-hydrogen) atoms. The number of likely N-dealkylation sites (N-methyl/N-ethyl adjacent to an activating group) is 1. The molecule has 5 nitrogen and oxygen atoms in total. The first-order valence-corrected chi connectivity index (χ1v) is 8.87. The fourth-order valence-corrected chi connectivity index (χ4v) is 4.92. The first-order valence-electron chi connectivity index (χ1n) is 6.89. The van der Waals surface area contributed by atoms with Crippen LogP contribution in [0.5, 0.6) is 0 Å². The highest BCUT2D eigenvalue weighted by molar-refractivity contribution is 8.21. The standard InChI is InChI=1S/C14H25NO4S2/c1-13(2,3)19-12(17)15(5)10(11(16)18-6)9-14(4)20-7-8-21-14/h10H,7-9H2,1-6H3. The summed E-state index contributed by atoms with van der Waals surface area (Å²) in [5.41, 5.74) is -0.591. The molecule has 1 saturated heterocycles. The van der Waals surface area contributed by atoms with E-state index in [0.717, 1.165) is 11.5 Å². The highest BCUT2D eigenvalue weighted by Crippen LogP contribution is 2.47. The molecule has 0 saturated carbocycles. The van der Waals surface area contributed by atoms with Gasteiger partial charge >= 0.3 is 12.1 Å². The van der Waals surface area contributed by atoms with Crippen LogP contribution in [0.1, 0.15) is 34.1 Å². The fraction of sp³-hybridized carbons (Fsp3) is 0.857. The van der Waals surface area contributed by atoms with Crippen molar-refractivity contribution in [3.63, 3.8) is 0 Å². The Bertz CT molecular complexity index is 389. The summed E-state index contributed by atoms with van der Waals surface area (Å²) in [6, 6.07) is -0.632. The number of thioether (sulfide) groups is 2. The van der Waals surface area contributed by atoms with Gasteiger partial charge in [-0.2, -0.15) is 0 Å². The van der Waals surface area contributed by atoms with Crippen LogP contribution in [0.3, 0.4) is 0 Å². The number of esters is 1. The largest absolute Gasteiger partial charge is 0.467 e. The van der Waals surface area contributed by atoms with E-state index in [4.69, 9.17) is 9.47 Å². The predicted molar refractivity (Wildman–Crippen MR) is 87.7 cm³/mol. The monoisotopic (exact) mass is 335 g/mol. The van der Waals surface area contributed by atoms with Gasteiger partial charge in [0.1, 0.15) is 11.6 Å². The summed E-state index contributed by atoms with van der Waals surface area (Å²) >= 11 is 3.64. The van der Waals surface area contributed by atoms with E-state index in [9.17, 15) is 9.59 Å². The molecule has 0 N–H and O–H groups in total. The van der Waals surface area contributed by atoms with Crippen LogP contribution in [0.4, 0.5) is 4.79 Å². The van der Waals surface area contributed by atoms with Crippen molar-refractivity contribution in [2.45, 2.75) is 49.8 Å². The minimum Gasteiger partial charge on any atom is -0.467 e. The van der Waals surface area contributed by atoms with Gasteiger partial charge in [0.15, 0.2) is 0 Å². The van der Waals surface area contributed by atoms with Crippen LogP contribution >= 0.6 is 23.5 Å². The quantitative estimate of drug-likeness (QED) is 0.736. The van der Waals surface area contributed by atoms with Crippen LogP contribution in [0.2, 0.25) is 0 Å². The summed E-state index contributed by atoms with van der Waals surface area (Å²) in [7, 11) is 2.93. The van der Waals surface area contributed by atoms with Gasteiger partial charge in [0.05, 0.1) is 11.2 Å². The summed E-state index contributed by atoms with van der Waals surface area (Å²) in [5.74, 6) is 1.72. The second-order valence-electron chi connectivity index (χ2n) is 6.17. The Hall–Kier alpha value is -0.560. The molecular formula is C14H25NO4S2. The van der Waals surface area contributed by atoms with Gasteiger partial charge in [0, 0.05) is 25.0 Å². The van der Waals surface area contributed by atoms with Crippen molar-refractivity contribution in [2.24, 2.45) is 0 Å². The maximum Gasteiger partial charge on any atom is 0.410 e. The van der Waals surface area contributed by atoms with Crippen LogP contribution in [-0.2, 0) is 14.3 Å². The van der Waals surface area contributed by atoms with Gasteiger partial charge in [-0.15, -0.1) is 23.5 Å². The van der Waals surface area contributed by atoms with Crippen molar-refractivity contribution in [1.82, 2.24) is 4.90 Å². The summed E-state index contributed by atoms with van der Waals surface area (Å²) < 4.78 is 10.1. The molecule has 122 valence electrons. The number of nitrogens with zero attached hydrogens (tertiary/aromatic N) is 1. The first-order chi connectivity index (χ1) is 9.58. The Morgan fingerprint density at radius 2 is 1.81 bits per heavy atom. The molecule has 1 unspecified atom stereocenters. The van der Waals surface area contributed by atoms with Crippen molar-refractivity contribution in [3.05, 3.63) is 0 Å². The van der Waals surface area contributed by atoms with E-state index in [1.807, 2.05) is 23.5 Å². The molecule has 7 heteroatoms. The summed E-state index contributed by atoms with van der Waals surface area (Å²) in [5, 5.41) is 0. The van der Waals surface area contributed by atoms with Gasteiger partial charge in [0.2, 0.25) is 0 Å². The van der Waals surface area contributed by atoms with Gasteiger partial charge in [0.25, 0.3) is 0 Å². The van der Waals surface area contributed by atoms with E-state index in [-0.39, 0.29) is 4.08 Å². The van der Waals surface area contributed by atoms with E-state index < -0.39 is 23.7 Å². The lowest BCUT2D eigenvalue weighted by Crippen LogP contribution is -2.47. The van der Waals surface area contributed by atoms with E-state index in [0.29, 0.717) is 6.42 Å². The van der Waals surface area contributed by atoms with Gasteiger partial charge in [-0.1, -0.05) is 0 Å². The molecule has 1 fully saturated rings. The third kappa shape index (κ3) is 5.62. The van der Waals surface area contributed by atoms with Crippen molar-refractivity contribution >= 4 is 35.6 Å². The molecule has 1 atom stereocenters. The zero-order valence-electron chi connectivity index (χ0n) is 13.6. The van der Waals surface area contributed by atoms with E-state index in [2.05, 4.69) is 6.92 Å². The van der Waals surface area contributed by atoms with E-state index in [1.54, 1.807) is 27.8 Å². The van der Waals surface area contributed by atoms with Crippen LogP contribution < -0.4 is 0 Å². The van der Waals surface area contributed by atoms with Gasteiger partial charge in [-0.25, -0.2) is 9.59 Å². The minimum absolute atomic E-state index is 0.0743. The third-order valence-corrected chi connectivity index (χ3v) is 6.42. The van der Waals surface area contributed by atoms with Gasteiger partial charge in [-0.05, 0) is 27.7 Å². The van der Waals surface area contributed by atoms with E-state index in [1.165, 1.54) is 12.0 Å². The normalized spacial score (nSPS) is 19.0. The number of rotatable bonds is 4. The van der Waals surface area contributed by atoms with Crippen molar-refractivity contribution in [2.75, 3.05) is 25.7 Å². The van der Waals surface area contributed by atoms with Crippen molar-refractivity contribution in [3.8, 4) is 0 Å². The molecule has 0 aliphatic carbocycles. The zero-order chi connectivity index (χ0) is 16.3. The molecule has 1 heterocycles. The number of hydrogen-bond donors (Lipinski definition) is 0. The van der Waals surface area contributed by atoms with Crippen LogP contribution in [0.25, 0.3) is 0 Å². The number of carbonyl (C=O) groups excluding carboxylic acids is 2. The summed E-state index contributed by atoms with van der Waals surface area (Å²) in [6.45, 7) is 7.51. The Morgan fingerprint density at radius 1 is 1.29 bits per heavy atom. The SMILES string of the molecule is COC(=O)C(CC1(C)SCCS1)N(C)C(=O)OC(C)(C)C. The second kappa shape index (κ2) is 7.13. The van der Waals surface area contributed by atoms with Crippen LogP contribution in [-0.4, -0.2) is 58.3 Å². The number of amides is 1. The molecule has 0 spiro atoms. The maximum atomic E-state index is 12.2. The number of methoxy groups -OCH3 is 1.